The molecule has 6 heteroatoms. The van der Waals surface area contributed by atoms with Crippen LogP contribution in [0.5, 0.6) is 0 Å². The molecule has 0 bridgehead atoms. The van der Waals surface area contributed by atoms with Crippen LogP contribution in [0.4, 0.5) is 11.9 Å². The Morgan fingerprint density at radius 1 is 0.833 bits per heavy atom. The van der Waals surface area contributed by atoms with Gasteiger partial charge in [0, 0.05) is 20.0 Å². The first-order valence-corrected chi connectivity index (χ1v) is 10.5. The van der Waals surface area contributed by atoms with Crippen LogP contribution >= 0.6 is 0 Å². The lowest BCUT2D eigenvalue weighted by molar-refractivity contribution is 0.0924. The molecule has 0 atom stereocenters. The molecule has 0 aliphatic heterocycles. The highest BCUT2D eigenvalue weighted by atomic mass is 16.2. The van der Waals surface area contributed by atoms with E-state index in [0.29, 0.717) is 36.8 Å². The smallest absolute Gasteiger partial charge is 0.247 e. The molecule has 0 aliphatic carbocycles. The fraction of sp³-hybridized carbons (Fsp3) is 0.375. The lowest BCUT2D eigenvalue weighted by Gasteiger charge is -2.08. The molecule has 1 aromatic heterocycles. The van der Waals surface area contributed by atoms with Crippen molar-refractivity contribution in [3.05, 3.63) is 70.8 Å². The van der Waals surface area contributed by atoms with Gasteiger partial charge in [0.2, 0.25) is 17.8 Å². The van der Waals surface area contributed by atoms with Gasteiger partial charge < -0.3 is 10.6 Å². The molecule has 0 saturated carbocycles. The predicted octanol–water partition coefficient (Wildman–Crippen LogP) is 5.41. The average Bonchev–Trinajstić information content (AvgIpc) is 3.15. The SMILES string of the molecule is CC(=O)n1nc(NCc2ccc(C(C)C)cc2)nc1NCc1ccc(C(C)C)cc1. The van der Waals surface area contributed by atoms with Gasteiger partial charge in [0.15, 0.2) is 0 Å². The molecule has 2 aromatic carbocycles. The third kappa shape index (κ3) is 5.47. The summed E-state index contributed by atoms with van der Waals surface area (Å²) < 4.78 is 1.30. The lowest BCUT2D eigenvalue weighted by Crippen LogP contribution is -2.13. The second kappa shape index (κ2) is 9.57. The van der Waals surface area contributed by atoms with Gasteiger partial charge in [-0.25, -0.2) is 0 Å². The lowest BCUT2D eigenvalue weighted by atomic mass is 10.0. The van der Waals surface area contributed by atoms with Crippen LogP contribution < -0.4 is 10.6 Å². The van der Waals surface area contributed by atoms with Crippen molar-refractivity contribution >= 4 is 17.8 Å². The molecule has 2 N–H and O–H groups in total. The quantitative estimate of drug-likeness (QED) is 0.524. The zero-order valence-electron chi connectivity index (χ0n) is 18.4. The van der Waals surface area contributed by atoms with Crippen LogP contribution in [0.1, 0.15) is 73.5 Å². The summed E-state index contributed by atoms with van der Waals surface area (Å²) in [5.41, 5.74) is 4.87. The van der Waals surface area contributed by atoms with Gasteiger partial charge in [0.05, 0.1) is 0 Å². The van der Waals surface area contributed by atoms with Crippen LogP contribution in [0.3, 0.4) is 0 Å². The number of carbonyl (C=O) groups excluding carboxylic acids is 1. The zero-order chi connectivity index (χ0) is 21.7. The number of nitrogens with one attached hydrogen (secondary N) is 2. The van der Waals surface area contributed by atoms with Gasteiger partial charge in [-0.1, -0.05) is 76.2 Å². The Morgan fingerprint density at radius 3 is 1.73 bits per heavy atom. The Hall–Kier alpha value is -3.15. The maximum atomic E-state index is 12.0. The van der Waals surface area contributed by atoms with E-state index in [1.54, 1.807) is 0 Å². The maximum absolute atomic E-state index is 12.0. The minimum atomic E-state index is -0.186. The minimum absolute atomic E-state index is 0.186. The Labute approximate surface area is 178 Å². The van der Waals surface area contributed by atoms with Crippen LogP contribution in [0.15, 0.2) is 48.5 Å². The largest absolute Gasteiger partial charge is 0.350 e. The topological polar surface area (TPSA) is 71.8 Å². The van der Waals surface area contributed by atoms with Crippen LogP contribution in [0, 0.1) is 0 Å². The zero-order valence-corrected chi connectivity index (χ0v) is 18.4. The number of aromatic nitrogens is 3. The van der Waals surface area contributed by atoms with Crippen molar-refractivity contribution in [3.63, 3.8) is 0 Å². The van der Waals surface area contributed by atoms with E-state index < -0.39 is 0 Å². The van der Waals surface area contributed by atoms with E-state index in [1.165, 1.54) is 22.7 Å². The average molecular weight is 406 g/mol. The molecule has 0 fully saturated rings. The molecule has 30 heavy (non-hydrogen) atoms. The third-order valence-corrected chi connectivity index (χ3v) is 5.10. The summed E-state index contributed by atoms with van der Waals surface area (Å²) in [7, 11) is 0. The van der Waals surface area contributed by atoms with Crippen molar-refractivity contribution in [2.45, 2.75) is 59.5 Å². The molecule has 0 aliphatic rings. The molecule has 3 rings (SSSR count). The number of nitrogens with zero attached hydrogens (tertiary/aromatic N) is 3. The molecule has 3 aromatic rings. The normalized spacial score (nSPS) is 11.2. The van der Waals surface area contributed by atoms with E-state index in [0.717, 1.165) is 11.1 Å². The standard InChI is InChI=1S/C24H31N5O/c1-16(2)21-10-6-19(7-11-21)14-25-23-27-24(29(28-23)18(5)30)26-15-20-8-12-22(13-9-20)17(3)4/h6-13,16-17H,14-15H2,1-5H3,(H2,25,26,27,28). The van der Waals surface area contributed by atoms with E-state index in [4.69, 9.17) is 0 Å². The molecule has 0 spiro atoms. The summed E-state index contributed by atoms with van der Waals surface area (Å²) in [6.45, 7) is 11.4. The molecule has 0 amide bonds. The maximum Gasteiger partial charge on any atom is 0.247 e. The van der Waals surface area contributed by atoms with Crippen molar-refractivity contribution in [2.24, 2.45) is 0 Å². The summed E-state index contributed by atoms with van der Waals surface area (Å²) >= 11 is 0. The highest BCUT2D eigenvalue weighted by molar-refractivity contribution is 5.78. The van der Waals surface area contributed by atoms with Crippen LogP contribution in [-0.2, 0) is 13.1 Å². The van der Waals surface area contributed by atoms with E-state index in [1.807, 2.05) is 0 Å². The summed E-state index contributed by atoms with van der Waals surface area (Å²) in [6, 6.07) is 16.9. The van der Waals surface area contributed by atoms with E-state index in [-0.39, 0.29) is 5.91 Å². The van der Waals surface area contributed by atoms with Crippen molar-refractivity contribution in [3.8, 4) is 0 Å². The summed E-state index contributed by atoms with van der Waals surface area (Å²) in [6.07, 6.45) is 0. The van der Waals surface area contributed by atoms with Gasteiger partial charge in [-0.05, 0) is 34.1 Å². The summed E-state index contributed by atoms with van der Waals surface area (Å²) in [5, 5.41) is 10.7. The van der Waals surface area contributed by atoms with Crippen molar-refractivity contribution in [2.75, 3.05) is 10.6 Å². The number of hydrogen-bond donors (Lipinski definition) is 2. The fourth-order valence-electron chi connectivity index (χ4n) is 3.12. The van der Waals surface area contributed by atoms with Crippen molar-refractivity contribution < 1.29 is 4.79 Å². The Morgan fingerprint density at radius 2 is 1.30 bits per heavy atom. The van der Waals surface area contributed by atoms with E-state index in [2.05, 4.69) is 96.9 Å². The Bertz CT molecular complexity index is 972. The Balaban J connectivity index is 1.64. The fourth-order valence-corrected chi connectivity index (χ4v) is 3.12. The number of hydrogen-bond acceptors (Lipinski definition) is 5. The van der Waals surface area contributed by atoms with Crippen molar-refractivity contribution in [1.29, 1.82) is 0 Å². The number of carbonyl (C=O) groups is 1. The molecule has 0 unspecified atom stereocenters. The van der Waals surface area contributed by atoms with Gasteiger partial charge in [0.1, 0.15) is 0 Å². The minimum Gasteiger partial charge on any atom is -0.350 e. The number of benzene rings is 2. The highest BCUT2D eigenvalue weighted by Crippen LogP contribution is 2.17. The second-order valence-corrected chi connectivity index (χ2v) is 8.19. The first kappa shape index (κ1) is 21.6. The van der Waals surface area contributed by atoms with Crippen LogP contribution in [0.2, 0.25) is 0 Å². The number of rotatable bonds is 8. The molecule has 0 radical (unpaired) electrons. The Kier molecular flexibility index (Phi) is 6.87. The first-order valence-electron chi connectivity index (χ1n) is 10.5. The summed E-state index contributed by atoms with van der Waals surface area (Å²) in [5.74, 6) is 1.69. The van der Waals surface area contributed by atoms with Crippen LogP contribution in [-0.4, -0.2) is 20.7 Å². The van der Waals surface area contributed by atoms with Gasteiger partial charge >= 0.3 is 0 Å². The molecular weight excluding hydrogens is 374 g/mol. The van der Waals surface area contributed by atoms with E-state index >= 15 is 0 Å². The van der Waals surface area contributed by atoms with Crippen LogP contribution in [0.25, 0.3) is 0 Å². The molecule has 6 nitrogen and oxygen atoms in total. The first-order chi connectivity index (χ1) is 14.3. The number of anilines is 2. The highest BCUT2D eigenvalue weighted by Gasteiger charge is 2.13. The van der Waals surface area contributed by atoms with Gasteiger partial charge in [0.25, 0.3) is 0 Å². The predicted molar refractivity (Wildman–Crippen MR) is 122 cm³/mol. The van der Waals surface area contributed by atoms with Crippen molar-refractivity contribution in [1.82, 2.24) is 14.8 Å². The molecule has 158 valence electrons. The molecule has 1 heterocycles. The molecular formula is C24H31N5O. The third-order valence-electron chi connectivity index (χ3n) is 5.10. The van der Waals surface area contributed by atoms with Gasteiger partial charge in [-0.3, -0.25) is 4.79 Å². The summed E-state index contributed by atoms with van der Waals surface area (Å²) in [4.78, 5) is 16.4. The monoisotopic (exact) mass is 405 g/mol. The van der Waals surface area contributed by atoms with Gasteiger partial charge in [-0.15, -0.1) is 5.10 Å². The van der Waals surface area contributed by atoms with Gasteiger partial charge in [-0.2, -0.15) is 9.67 Å². The van der Waals surface area contributed by atoms with E-state index in [9.17, 15) is 4.79 Å². The molecule has 0 saturated heterocycles. The second-order valence-electron chi connectivity index (χ2n) is 8.19.